The predicted octanol–water partition coefficient (Wildman–Crippen LogP) is 3.96. The fraction of sp³-hybridized carbons (Fsp3) is 0. The number of nitrogens with zero attached hydrogens (tertiary/aromatic N) is 1. The van der Waals surface area contributed by atoms with Crippen molar-refractivity contribution in [2.75, 3.05) is 5.73 Å². The number of nitrogen functional groups attached to an aromatic ring is 1. The summed E-state index contributed by atoms with van der Waals surface area (Å²) in [4.78, 5) is 0. The van der Waals surface area contributed by atoms with Crippen LogP contribution in [-0.4, -0.2) is 0 Å². The topological polar surface area (TPSA) is 49.8 Å². The SMILES string of the molecule is N#Cc1cc(-c2ccccc2)c2ccccc2c1N. The molecular formula is C17H12N2. The minimum atomic E-state index is 0.526. The minimum absolute atomic E-state index is 0.526. The maximum Gasteiger partial charge on any atom is 0.101 e. The molecule has 0 unspecified atom stereocenters. The maximum absolute atomic E-state index is 9.22. The second-order valence-corrected chi connectivity index (χ2v) is 4.41. The van der Waals surface area contributed by atoms with Crippen molar-refractivity contribution in [3.8, 4) is 17.2 Å². The van der Waals surface area contributed by atoms with E-state index in [2.05, 4.69) is 6.07 Å². The van der Waals surface area contributed by atoms with Gasteiger partial charge >= 0.3 is 0 Å². The molecule has 0 aliphatic carbocycles. The molecule has 2 heteroatoms. The molecule has 19 heavy (non-hydrogen) atoms. The first kappa shape index (κ1) is 11.3. The molecule has 0 aliphatic rings. The third-order valence-electron chi connectivity index (χ3n) is 3.29. The summed E-state index contributed by atoms with van der Waals surface area (Å²) in [6.45, 7) is 0. The molecule has 2 N–H and O–H groups in total. The smallest absolute Gasteiger partial charge is 0.101 e. The van der Waals surface area contributed by atoms with Crippen LogP contribution in [0, 0.1) is 11.3 Å². The molecule has 3 rings (SSSR count). The molecule has 90 valence electrons. The zero-order valence-electron chi connectivity index (χ0n) is 10.3. The van der Waals surface area contributed by atoms with Gasteiger partial charge in [0.25, 0.3) is 0 Å². The molecule has 0 aromatic heterocycles. The van der Waals surface area contributed by atoms with Gasteiger partial charge in [-0.15, -0.1) is 0 Å². The van der Waals surface area contributed by atoms with E-state index >= 15 is 0 Å². The number of fused-ring (bicyclic) bond motifs is 1. The van der Waals surface area contributed by atoms with Crippen molar-refractivity contribution in [1.29, 1.82) is 5.26 Å². The maximum atomic E-state index is 9.22. The highest BCUT2D eigenvalue weighted by Gasteiger charge is 2.10. The Morgan fingerprint density at radius 3 is 2.16 bits per heavy atom. The van der Waals surface area contributed by atoms with Gasteiger partial charge in [0.05, 0.1) is 11.3 Å². The first-order valence-corrected chi connectivity index (χ1v) is 6.08. The summed E-state index contributed by atoms with van der Waals surface area (Å²) in [5, 5.41) is 11.2. The molecule has 0 amide bonds. The van der Waals surface area contributed by atoms with Crippen LogP contribution in [0.15, 0.2) is 60.7 Å². The molecule has 0 aliphatic heterocycles. The average molecular weight is 244 g/mol. The third kappa shape index (κ3) is 1.82. The van der Waals surface area contributed by atoms with Gasteiger partial charge in [-0.3, -0.25) is 0 Å². The summed E-state index contributed by atoms with van der Waals surface area (Å²) in [6, 6.07) is 22.0. The second kappa shape index (κ2) is 4.47. The van der Waals surface area contributed by atoms with Gasteiger partial charge in [-0.25, -0.2) is 0 Å². The number of anilines is 1. The second-order valence-electron chi connectivity index (χ2n) is 4.41. The van der Waals surface area contributed by atoms with E-state index in [1.54, 1.807) is 0 Å². The number of nitriles is 1. The fourth-order valence-corrected chi connectivity index (χ4v) is 2.35. The van der Waals surface area contributed by atoms with Gasteiger partial charge in [0.1, 0.15) is 6.07 Å². The van der Waals surface area contributed by atoms with Gasteiger partial charge in [0, 0.05) is 5.39 Å². The van der Waals surface area contributed by atoms with E-state index in [-0.39, 0.29) is 0 Å². The van der Waals surface area contributed by atoms with Crippen LogP contribution >= 0.6 is 0 Å². The Bertz CT molecular complexity index is 783. The van der Waals surface area contributed by atoms with Gasteiger partial charge in [-0.1, -0.05) is 54.6 Å². The van der Waals surface area contributed by atoms with E-state index in [9.17, 15) is 5.26 Å². The van der Waals surface area contributed by atoms with Crippen LogP contribution in [0.3, 0.4) is 0 Å². The highest BCUT2D eigenvalue weighted by Crippen LogP contribution is 2.34. The van der Waals surface area contributed by atoms with E-state index in [1.165, 1.54) is 0 Å². The third-order valence-corrected chi connectivity index (χ3v) is 3.29. The van der Waals surface area contributed by atoms with Crippen molar-refractivity contribution in [2.24, 2.45) is 0 Å². The van der Waals surface area contributed by atoms with Gasteiger partial charge in [-0.2, -0.15) is 5.26 Å². The summed E-state index contributed by atoms with van der Waals surface area (Å²) in [5.41, 5.74) is 9.27. The lowest BCUT2D eigenvalue weighted by Crippen LogP contribution is -1.94. The Hall–Kier alpha value is -2.79. The van der Waals surface area contributed by atoms with Crippen LogP contribution in [0.25, 0.3) is 21.9 Å². The van der Waals surface area contributed by atoms with Crippen LogP contribution in [0.5, 0.6) is 0 Å². The van der Waals surface area contributed by atoms with Gasteiger partial charge in [-0.05, 0) is 22.6 Å². The highest BCUT2D eigenvalue weighted by atomic mass is 14.6. The van der Waals surface area contributed by atoms with Crippen LogP contribution in [0.4, 0.5) is 5.69 Å². The molecule has 2 nitrogen and oxygen atoms in total. The largest absolute Gasteiger partial charge is 0.397 e. The summed E-state index contributed by atoms with van der Waals surface area (Å²) in [5.74, 6) is 0. The van der Waals surface area contributed by atoms with Gasteiger partial charge in [0.2, 0.25) is 0 Å². The van der Waals surface area contributed by atoms with Crippen molar-refractivity contribution in [1.82, 2.24) is 0 Å². The van der Waals surface area contributed by atoms with E-state index in [4.69, 9.17) is 5.73 Å². The van der Waals surface area contributed by atoms with E-state index in [0.29, 0.717) is 11.3 Å². The molecule has 3 aromatic rings. The van der Waals surface area contributed by atoms with E-state index in [1.807, 2.05) is 60.7 Å². The van der Waals surface area contributed by atoms with E-state index in [0.717, 1.165) is 21.9 Å². The summed E-state index contributed by atoms with van der Waals surface area (Å²) in [7, 11) is 0. The number of hydrogen-bond donors (Lipinski definition) is 1. The molecular weight excluding hydrogens is 232 g/mol. The molecule has 0 atom stereocenters. The number of benzene rings is 3. The first-order chi connectivity index (χ1) is 9.31. The number of hydrogen-bond acceptors (Lipinski definition) is 2. The summed E-state index contributed by atoms with van der Waals surface area (Å²) >= 11 is 0. The monoisotopic (exact) mass is 244 g/mol. The fourth-order valence-electron chi connectivity index (χ4n) is 2.35. The Balaban J connectivity index is 2.43. The van der Waals surface area contributed by atoms with Crippen molar-refractivity contribution in [3.05, 3.63) is 66.2 Å². The molecule has 0 fully saturated rings. The van der Waals surface area contributed by atoms with E-state index < -0.39 is 0 Å². The lowest BCUT2D eigenvalue weighted by Gasteiger charge is -2.10. The van der Waals surface area contributed by atoms with Crippen molar-refractivity contribution >= 4 is 16.5 Å². The molecule has 0 radical (unpaired) electrons. The van der Waals surface area contributed by atoms with Gasteiger partial charge < -0.3 is 5.73 Å². The number of nitrogens with two attached hydrogens (primary N) is 1. The van der Waals surface area contributed by atoms with Crippen LogP contribution in [0.1, 0.15) is 5.56 Å². The number of rotatable bonds is 1. The molecule has 0 saturated carbocycles. The molecule has 0 spiro atoms. The normalized spacial score (nSPS) is 10.3. The molecule has 3 aromatic carbocycles. The lowest BCUT2D eigenvalue weighted by molar-refractivity contribution is 1.49. The lowest BCUT2D eigenvalue weighted by atomic mass is 9.94. The van der Waals surface area contributed by atoms with Crippen molar-refractivity contribution in [2.45, 2.75) is 0 Å². The summed E-state index contributed by atoms with van der Waals surface area (Å²) < 4.78 is 0. The van der Waals surface area contributed by atoms with Gasteiger partial charge in [0.15, 0.2) is 0 Å². The van der Waals surface area contributed by atoms with Crippen LogP contribution in [-0.2, 0) is 0 Å². The van der Waals surface area contributed by atoms with Crippen molar-refractivity contribution in [3.63, 3.8) is 0 Å². The first-order valence-electron chi connectivity index (χ1n) is 6.08. The minimum Gasteiger partial charge on any atom is -0.397 e. The Morgan fingerprint density at radius 1 is 0.842 bits per heavy atom. The average Bonchev–Trinajstić information content (AvgIpc) is 2.49. The van der Waals surface area contributed by atoms with Crippen molar-refractivity contribution < 1.29 is 0 Å². The van der Waals surface area contributed by atoms with Crippen LogP contribution in [0.2, 0.25) is 0 Å². The predicted molar refractivity (Wildman–Crippen MR) is 78.5 cm³/mol. The summed E-state index contributed by atoms with van der Waals surface area (Å²) in [6.07, 6.45) is 0. The standard InChI is InChI=1S/C17H12N2/c18-11-13-10-16(12-6-2-1-3-7-12)14-8-4-5-9-15(14)17(13)19/h1-10H,19H2. The zero-order valence-corrected chi connectivity index (χ0v) is 10.3. The van der Waals surface area contributed by atoms with Crippen LogP contribution < -0.4 is 5.73 Å². The Kier molecular flexibility index (Phi) is 2.66. The molecule has 0 heterocycles. The molecule has 0 saturated heterocycles. The quantitative estimate of drug-likeness (QED) is 0.659. The highest BCUT2D eigenvalue weighted by molar-refractivity contribution is 6.04. The Labute approximate surface area is 111 Å². The molecule has 0 bridgehead atoms. The zero-order chi connectivity index (χ0) is 13.2. The Morgan fingerprint density at radius 2 is 1.47 bits per heavy atom.